The number of aromatic hydroxyl groups is 1. The second kappa shape index (κ2) is 9.64. The van der Waals surface area contributed by atoms with Crippen LogP contribution in [0, 0.1) is 0 Å². The molecule has 4 aromatic rings. The molecular weight excluding hydrogens is 484 g/mol. The number of halogens is 5. The van der Waals surface area contributed by atoms with Crippen molar-refractivity contribution in [2.45, 2.75) is 39.8 Å². The van der Waals surface area contributed by atoms with E-state index in [0.29, 0.717) is 22.1 Å². The molecule has 11 heteroatoms. The van der Waals surface area contributed by atoms with E-state index in [0.717, 1.165) is 29.8 Å². The molecule has 3 aromatic heterocycles. The quantitative estimate of drug-likeness (QED) is 0.313. The lowest BCUT2D eigenvalue weighted by Crippen LogP contribution is -2.06. The van der Waals surface area contributed by atoms with Gasteiger partial charge in [0.1, 0.15) is 16.5 Å². The van der Waals surface area contributed by atoms with Gasteiger partial charge in [0.15, 0.2) is 10.7 Å². The highest BCUT2D eigenvalue weighted by molar-refractivity contribution is 7.17. The lowest BCUT2D eigenvalue weighted by molar-refractivity contribution is -0.137. The zero-order valence-electron chi connectivity index (χ0n) is 17.3. The van der Waals surface area contributed by atoms with Gasteiger partial charge < -0.3 is 9.51 Å². The van der Waals surface area contributed by atoms with Gasteiger partial charge in [-0.15, -0.1) is 10.2 Å². The van der Waals surface area contributed by atoms with E-state index in [-0.39, 0.29) is 21.4 Å². The molecular formula is C21H19Cl2F3N4OS. The van der Waals surface area contributed by atoms with E-state index < -0.39 is 11.7 Å². The predicted molar refractivity (Wildman–Crippen MR) is 122 cm³/mol. The van der Waals surface area contributed by atoms with Gasteiger partial charge in [0.05, 0.1) is 15.6 Å². The van der Waals surface area contributed by atoms with Crippen LogP contribution in [0.2, 0.25) is 10.0 Å². The Labute approximate surface area is 196 Å². The van der Waals surface area contributed by atoms with Crippen molar-refractivity contribution in [1.82, 2.24) is 19.6 Å². The van der Waals surface area contributed by atoms with Gasteiger partial charge in [0, 0.05) is 18.0 Å². The summed E-state index contributed by atoms with van der Waals surface area (Å²) in [6.07, 6.45) is -0.604. The van der Waals surface area contributed by atoms with Crippen molar-refractivity contribution in [2.75, 3.05) is 0 Å². The molecule has 3 heterocycles. The normalized spacial score (nSPS) is 11.5. The van der Waals surface area contributed by atoms with Gasteiger partial charge in [-0.1, -0.05) is 61.7 Å². The molecule has 0 bridgehead atoms. The van der Waals surface area contributed by atoms with Crippen molar-refractivity contribution >= 4 is 40.2 Å². The Bertz CT molecular complexity index is 1250. The number of hydrogen-bond acceptors (Lipinski definition) is 5. The molecule has 0 saturated carbocycles. The molecule has 32 heavy (non-hydrogen) atoms. The minimum absolute atomic E-state index is 0.0101. The molecule has 0 radical (unpaired) electrons. The molecule has 1 aromatic carbocycles. The van der Waals surface area contributed by atoms with Crippen LogP contribution in [0.3, 0.4) is 0 Å². The van der Waals surface area contributed by atoms with E-state index in [1.165, 1.54) is 21.9 Å². The monoisotopic (exact) mass is 502 g/mol. The number of imidazole rings is 1. The summed E-state index contributed by atoms with van der Waals surface area (Å²) in [6, 6.07) is 4.07. The summed E-state index contributed by atoms with van der Waals surface area (Å²) < 4.78 is 40.3. The second-order valence-corrected chi connectivity index (χ2v) is 8.35. The average Bonchev–Trinajstić information content (AvgIpc) is 3.39. The topological polar surface area (TPSA) is 63.3 Å². The molecule has 1 N–H and O–H groups in total. The summed E-state index contributed by atoms with van der Waals surface area (Å²) in [6.45, 7) is 6.01. The van der Waals surface area contributed by atoms with Crippen LogP contribution >= 0.6 is 34.5 Å². The Morgan fingerprint density at radius 2 is 1.72 bits per heavy atom. The summed E-state index contributed by atoms with van der Waals surface area (Å²) in [4.78, 5) is 4.31. The van der Waals surface area contributed by atoms with Gasteiger partial charge >= 0.3 is 6.18 Å². The lowest BCUT2D eigenvalue weighted by atomic mass is 10.0. The number of benzene rings is 1. The van der Waals surface area contributed by atoms with Crippen molar-refractivity contribution in [1.29, 1.82) is 0 Å². The third kappa shape index (κ3) is 4.84. The van der Waals surface area contributed by atoms with Crippen molar-refractivity contribution in [3.8, 4) is 27.0 Å². The number of phenols is 1. The average molecular weight is 503 g/mol. The van der Waals surface area contributed by atoms with E-state index in [4.69, 9.17) is 23.2 Å². The van der Waals surface area contributed by atoms with Gasteiger partial charge in [-0.05, 0) is 30.2 Å². The maximum absolute atomic E-state index is 13.0. The number of phenolic OH excluding ortho intramolecular Hbond substituents is 1. The van der Waals surface area contributed by atoms with Gasteiger partial charge in [-0.2, -0.15) is 13.2 Å². The molecule has 0 fully saturated rings. The van der Waals surface area contributed by atoms with Crippen molar-refractivity contribution in [2.24, 2.45) is 0 Å². The van der Waals surface area contributed by atoms with Crippen molar-refractivity contribution < 1.29 is 18.3 Å². The van der Waals surface area contributed by atoms with E-state index in [1.807, 2.05) is 20.8 Å². The molecule has 0 amide bonds. The van der Waals surface area contributed by atoms with Crippen LogP contribution in [0.5, 0.6) is 5.75 Å². The molecule has 0 aliphatic carbocycles. The third-order valence-electron chi connectivity index (χ3n) is 4.40. The molecule has 0 saturated heterocycles. The highest BCUT2D eigenvalue weighted by Gasteiger charge is 2.32. The number of pyridine rings is 1. The van der Waals surface area contributed by atoms with Crippen LogP contribution in [-0.4, -0.2) is 24.7 Å². The summed E-state index contributed by atoms with van der Waals surface area (Å²) in [5.41, 5.74) is 1.28. The van der Waals surface area contributed by atoms with E-state index in [2.05, 4.69) is 15.2 Å². The summed E-state index contributed by atoms with van der Waals surface area (Å²) in [7, 11) is 0. The second-order valence-electron chi connectivity index (χ2n) is 6.55. The maximum atomic E-state index is 13.0. The SMILES string of the molecule is CC.CCCc1cc(O)c(Cl)cc1-c1nnc(-c2cn3cc(C(F)(F)F)cc(Cl)c3n2)s1. The van der Waals surface area contributed by atoms with Crippen LogP contribution in [0.1, 0.15) is 38.3 Å². The Morgan fingerprint density at radius 3 is 2.38 bits per heavy atom. The first-order valence-corrected chi connectivity index (χ1v) is 11.4. The Kier molecular flexibility index (Phi) is 7.32. The number of aryl methyl sites for hydroxylation is 1. The number of aromatic nitrogens is 4. The minimum atomic E-state index is -4.52. The number of rotatable bonds is 4. The Balaban J connectivity index is 0.00000141. The van der Waals surface area contributed by atoms with E-state index in [1.54, 1.807) is 12.1 Å². The van der Waals surface area contributed by atoms with Crippen LogP contribution in [0.25, 0.3) is 26.9 Å². The molecule has 0 spiro atoms. The van der Waals surface area contributed by atoms with Crippen LogP contribution in [0.15, 0.2) is 30.6 Å². The van der Waals surface area contributed by atoms with Gasteiger partial charge in [0.25, 0.3) is 0 Å². The van der Waals surface area contributed by atoms with Gasteiger partial charge in [0.2, 0.25) is 0 Å². The molecule has 0 atom stereocenters. The summed E-state index contributed by atoms with van der Waals surface area (Å²) in [5.74, 6) is -0.0101. The number of hydrogen-bond donors (Lipinski definition) is 1. The third-order valence-corrected chi connectivity index (χ3v) is 5.96. The predicted octanol–water partition coefficient (Wildman–Crippen LogP) is 7.53. The molecule has 170 valence electrons. The molecule has 4 rings (SSSR count). The van der Waals surface area contributed by atoms with Crippen LogP contribution in [-0.2, 0) is 12.6 Å². The standard InChI is InChI=1S/C19H13Cl2F3N4OS.C2H6/c1-2-3-9-4-15(29)12(20)6-11(9)17-26-27-18(30-17)14-8-28-7-10(19(22,23)24)5-13(21)16(28)25-14;1-2/h4-8,29H,2-3H2,1H3;1-2H3. The maximum Gasteiger partial charge on any atom is 0.417 e. The molecule has 5 nitrogen and oxygen atoms in total. The Morgan fingerprint density at radius 1 is 1.03 bits per heavy atom. The van der Waals surface area contributed by atoms with E-state index in [9.17, 15) is 18.3 Å². The van der Waals surface area contributed by atoms with Gasteiger partial charge in [-0.3, -0.25) is 0 Å². The first kappa shape index (κ1) is 24.3. The molecule has 0 aliphatic heterocycles. The molecule has 0 aliphatic rings. The highest BCUT2D eigenvalue weighted by atomic mass is 35.5. The smallest absolute Gasteiger partial charge is 0.417 e. The largest absolute Gasteiger partial charge is 0.506 e. The van der Waals surface area contributed by atoms with Crippen LogP contribution in [0.4, 0.5) is 13.2 Å². The van der Waals surface area contributed by atoms with Crippen molar-refractivity contribution in [3.05, 3.63) is 51.8 Å². The van der Waals surface area contributed by atoms with Crippen molar-refractivity contribution in [3.63, 3.8) is 0 Å². The lowest BCUT2D eigenvalue weighted by Gasteiger charge is -2.08. The fourth-order valence-corrected chi connectivity index (χ4v) is 4.30. The minimum Gasteiger partial charge on any atom is -0.506 e. The fourth-order valence-electron chi connectivity index (χ4n) is 3.03. The van der Waals surface area contributed by atoms with Crippen LogP contribution < -0.4 is 0 Å². The first-order chi connectivity index (χ1) is 15.2. The summed E-state index contributed by atoms with van der Waals surface area (Å²) >= 11 is 13.3. The fraction of sp³-hybridized carbons (Fsp3) is 0.286. The number of alkyl halides is 3. The first-order valence-electron chi connectivity index (χ1n) is 9.78. The summed E-state index contributed by atoms with van der Waals surface area (Å²) in [5, 5.41) is 19.3. The van der Waals surface area contributed by atoms with Gasteiger partial charge in [-0.25, -0.2) is 4.98 Å². The molecule has 0 unspecified atom stereocenters. The van der Waals surface area contributed by atoms with E-state index >= 15 is 0 Å². The zero-order valence-corrected chi connectivity index (χ0v) is 19.7. The highest BCUT2D eigenvalue weighted by Crippen LogP contribution is 2.38. The number of fused-ring (bicyclic) bond motifs is 1. The Hall–Kier alpha value is -2.36. The zero-order chi connectivity index (χ0) is 23.6. The number of nitrogens with zero attached hydrogens (tertiary/aromatic N) is 4.